The lowest BCUT2D eigenvalue weighted by Crippen LogP contribution is -2.20. The minimum Gasteiger partial charge on any atom is -0.267 e. The van der Waals surface area contributed by atoms with E-state index in [4.69, 9.17) is 0 Å². The molecule has 2 aromatic rings. The van der Waals surface area contributed by atoms with Gasteiger partial charge in [0.15, 0.2) is 0 Å². The predicted molar refractivity (Wildman–Crippen MR) is 86.9 cm³/mol. The Morgan fingerprint density at radius 1 is 1.18 bits per heavy atom. The van der Waals surface area contributed by atoms with E-state index in [9.17, 15) is 14.9 Å². The van der Waals surface area contributed by atoms with Crippen molar-refractivity contribution in [3.05, 3.63) is 74.2 Å². The Kier molecular flexibility index (Phi) is 5.00. The number of benzene rings is 2. The van der Waals surface area contributed by atoms with E-state index >= 15 is 0 Å². The van der Waals surface area contributed by atoms with Crippen LogP contribution in [0.1, 0.15) is 22.8 Å². The van der Waals surface area contributed by atoms with Crippen molar-refractivity contribution < 1.29 is 9.72 Å². The molecule has 0 unspecified atom stereocenters. The van der Waals surface area contributed by atoms with Gasteiger partial charge in [-0.2, -0.15) is 5.10 Å². The van der Waals surface area contributed by atoms with Crippen LogP contribution in [0.4, 0.5) is 5.69 Å². The second-order valence-corrected chi connectivity index (χ2v) is 5.33. The third-order valence-electron chi connectivity index (χ3n) is 2.93. The van der Waals surface area contributed by atoms with Crippen LogP contribution < -0.4 is 5.43 Å². The number of hydrazone groups is 1. The number of amides is 1. The normalized spacial score (nSPS) is 11.1. The van der Waals surface area contributed by atoms with E-state index in [1.165, 1.54) is 18.2 Å². The third kappa shape index (κ3) is 3.76. The molecule has 0 saturated carbocycles. The van der Waals surface area contributed by atoms with Gasteiger partial charge in [0.2, 0.25) is 0 Å². The van der Waals surface area contributed by atoms with Gasteiger partial charge in [-0.3, -0.25) is 14.9 Å². The first kappa shape index (κ1) is 15.8. The first-order valence-electron chi connectivity index (χ1n) is 6.33. The van der Waals surface area contributed by atoms with Crippen molar-refractivity contribution in [1.82, 2.24) is 5.43 Å². The van der Waals surface area contributed by atoms with Gasteiger partial charge in [0.1, 0.15) is 5.56 Å². The summed E-state index contributed by atoms with van der Waals surface area (Å²) in [6, 6.07) is 13.1. The Hall–Kier alpha value is -2.54. The maximum Gasteiger partial charge on any atom is 0.282 e. The van der Waals surface area contributed by atoms with E-state index in [1.54, 1.807) is 13.0 Å². The molecule has 6 nitrogen and oxygen atoms in total. The third-order valence-corrected chi connectivity index (χ3v) is 3.46. The van der Waals surface area contributed by atoms with Gasteiger partial charge < -0.3 is 0 Å². The summed E-state index contributed by atoms with van der Waals surface area (Å²) < 4.78 is 0.938. The van der Waals surface area contributed by atoms with Crippen LogP contribution in [-0.4, -0.2) is 16.5 Å². The Bertz CT molecular complexity index is 742. The summed E-state index contributed by atoms with van der Waals surface area (Å²) in [5, 5.41) is 14.9. The van der Waals surface area contributed by atoms with Crippen LogP contribution in [-0.2, 0) is 0 Å². The van der Waals surface area contributed by atoms with Crippen molar-refractivity contribution in [3.8, 4) is 0 Å². The number of nitro benzene ring substituents is 1. The van der Waals surface area contributed by atoms with Crippen molar-refractivity contribution in [2.24, 2.45) is 5.10 Å². The van der Waals surface area contributed by atoms with Gasteiger partial charge in [-0.15, -0.1) is 0 Å². The van der Waals surface area contributed by atoms with Crippen molar-refractivity contribution >= 4 is 33.2 Å². The molecular formula is C15H12BrN3O3. The van der Waals surface area contributed by atoms with Crippen molar-refractivity contribution in [3.63, 3.8) is 0 Å². The molecule has 0 heterocycles. The Morgan fingerprint density at radius 3 is 2.45 bits per heavy atom. The fraction of sp³-hybridized carbons (Fsp3) is 0.0667. The number of nitrogens with zero attached hydrogens (tertiary/aromatic N) is 2. The van der Waals surface area contributed by atoms with Gasteiger partial charge in [-0.25, -0.2) is 5.43 Å². The number of nitro groups is 1. The van der Waals surface area contributed by atoms with Crippen LogP contribution in [0, 0.1) is 10.1 Å². The number of para-hydroxylation sites is 1. The molecule has 0 radical (unpaired) electrons. The Balaban J connectivity index is 2.17. The minimum atomic E-state index is -0.622. The molecule has 2 rings (SSSR count). The molecule has 0 aliphatic carbocycles. The first-order valence-corrected chi connectivity index (χ1v) is 7.12. The highest BCUT2D eigenvalue weighted by Gasteiger charge is 2.18. The van der Waals surface area contributed by atoms with E-state index in [-0.39, 0.29) is 11.3 Å². The standard InChI is InChI=1S/C15H12BrN3O3/c1-10(11-6-8-12(16)9-7-11)17-18-15(20)13-4-2-3-5-14(13)19(21)22/h2-9H,1H3,(H,18,20)/b17-10-. The van der Waals surface area contributed by atoms with Crippen LogP contribution >= 0.6 is 15.9 Å². The number of hydrogen-bond acceptors (Lipinski definition) is 4. The second-order valence-electron chi connectivity index (χ2n) is 4.42. The summed E-state index contributed by atoms with van der Waals surface area (Å²) in [6.07, 6.45) is 0. The molecule has 1 amide bonds. The highest BCUT2D eigenvalue weighted by Crippen LogP contribution is 2.17. The first-order chi connectivity index (χ1) is 10.5. The average molecular weight is 362 g/mol. The predicted octanol–water partition coefficient (Wildman–Crippen LogP) is 3.51. The average Bonchev–Trinajstić information content (AvgIpc) is 2.53. The van der Waals surface area contributed by atoms with Gasteiger partial charge in [0.05, 0.1) is 10.6 Å². The van der Waals surface area contributed by atoms with Crippen LogP contribution in [0.3, 0.4) is 0 Å². The fourth-order valence-corrected chi connectivity index (χ4v) is 2.04. The SMILES string of the molecule is C/C(=N/NC(=O)c1ccccc1[N+](=O)[O-])c1ccc(Br)cc1. The zero-order chi connectivity index (χ0) is 16.1. The molecule has 7 heteroatoms. The molecule has 112 valence electrons. The maximum atomic E-state index is 12.0. The van der Waals surface area contributed by atoms with Gasteiger partial charge in [-0.1, -0.05) is 40.2 Å². The molecule has 0 bridgehead atoms. The van der Waals surface area contributed by atoms with Gasteiger partial charge in [0.25, 0.3) is 11.6 Å². The van der Waals surface area contributed by atoms with Crippen LogP contribution in [0.5, 0.6) is 0 Å². The number of hydrogen-bond donors (Lipinski definition) is 1. The lowest BCUT2D eigenvalue weighted by molar-refractivity contribution is -0.385. The molecule has 22 heavy (non-hydrogen) atoms. The van der Waals surface area contributed by atoms with Gasteiger partial charge >= 0.3 is 0 Å². The number of halogens is 1. The maximum absolute atomic E-state index is 12.0. The molecule has 1 N–H and O–H groups in total. The molecule has 2 aromatic carbocycles. The molecule has 0 aromatic heterocycles. The highest BCUT2D eigenvalue weighted by molar-refractivity contribution is 9.10. The van der Waals surface area contributed by atoms with Crippen molar-refractivity contribution in [2.75, 3.05) is 0 Å². The van der Waals surface area contributed by atoms with E-state index < -0.39 is 10.8 Å². The molecule has 0 aliphatic rings. The zero-order valence-corrected chi connectivity index (χ0v) is 13.2. The largest absolute Gasteiger partial charge is 0.282 e. The quantitative estimate of drug-likeness (QED) is 0.513. The lowest BCUT2D eigenvalue weighted by Gasteiger charge is -2.04. The Labute approximate surface area is 135 Å². The van der Waals surface area contributed by atoms with Crippen molar-refractivity contribution in [1.29, 1.82) is 0 Å². The van der Waals surface area contributed by atoms with E-state index in [0.29, 0.717) is 5.71 Å². The van der Waals surface area contributed by atoms with Crippen LogP contribution in [0.15, 0.2) is 58.1 Å². The van der Waals surface area contributed by atoms with Crippen LogP contribution in [0.25, 0.3) is 0 Å². The Morgan fingerprint density at radius 2 is 1.82 bits per heavy atom. The summed E-state index contributed by atoms with van der Waals surface area (Å²) >= 11 is 3.34. The molecule has 0 atom stereocenters. The summed E-state index contributed by atoms with van der Waals surface area (Å²) in [5.74, 6) is -0.622. The molecule has 0 aliphatic heterocycles. The van der Waals surface area contributed by atoms with E-state index in [0.717, 1.165) is 10.0 Å². The zero-order valence-electron chi connectivity index (χ0n) is 11.6. The monoisotopic (exact) mass is 361 g/mol. The summed E-state index contributed by atoms with van der Waals surface area (Å²) in [6.45, 7) is 1.74. The molecule has 0 saturated heterocycles. The number of carbonyl (C=O) groups is 1. The summed E-state index contributed by atoms with van der Waals surface area (Å²) in [5.41, 5.74) is 3.49. The second kappa shape index (κ2) is 6.95. The van der Waals surface area contributed by atoms with E-state index in [2.05, 4.69) is 26.5 Å². The topological polar surface area (TPSA) is 84.6 Å². The molecular weight excluding hydrogens is 350 g/mol. The van der Waals surface area contributed by atoms with Gasteiger partial charge in [0, 0.05) is 10.5 Å². The van der Waals surface area contributed by atoms with Crippen LogP contribution in [0.2, 0.25) is 0 Å². The van der Waals surface area contributed by atoms with E-state index in [1.807, 2.05) is 24.3 Å². The molecule has 0 spiro atoms. The number of nitrogens with one attached hydrogen (secondary N) is 1. The smallest absolute Gasteiger partial charge is 0.267 e. The summed E-state index contributed by atoms with van der Waals surface area (Å²) in [7, 11) is 0. The minimum absolute atomic E-state index is 0.0279. The lowest BCUT2D eigenvalue weighted by atomic mass is 10.1. The van der Waals surface area contributed by atoms with Crippen molar-refractivity contribution in [2.45, 2.75) is 6.92 Å². The fourth-order valence-electron chi connectivity index (χ4n) is 1.78. The summed E-state index contributed by atoms with van der Waals surface area (Å²) in [4.78, 5) is 22.3. The molecule has 0 fully saturated rings. The number of carbonyl (C=O) groups excluding carboxylic acids is 1. The highest BCUT2D eigenvalue weighted by atomic mass is 79.9. The van der Waals surface area contributed by atoms with Gasteiger partial charge in [-0.05, 0) is 30.7 Å². The number of rotatable bonds is 4.